The van der Waals surface area contributed by atoms with Gasteiger partial charge in [0.2, 0.25) is 5.91 Å². The molecule has 4 atom stereocenters. The van der Waals surface area contributed by atoms with Crippen molar-refractivity contribution in [2.45, 2.75) is 31.3 Å². The molecule has 0 fully saturated rings. The number of nitrogens with zero attached hydrogens (tertiary/aromatic N) is 1. The Morgan fingerprint density at radius 3 is 2.65 bits per heavy atom. The number of nitrogens with one attached hydrogen (secondary N) is 2. The summed E-state index contributed by atoms with van der Waals surface area (Å²) in [5.74, 6) is -0.913. The van der Waals surface area contributed by atoms with Gasteiger partial charge in [0.25, 0.3) is 0 Å². The van der Waals surface area contributed by atoms with Crippen LogP contribution < -0.4 is 5.32 Å². The average Bonchev–Trinajstić information content (AvgIpc) is 2.92. The molecule has 1 heterocycles. The quantitative estimate of drug-likeness (QED) is 0.400. The third-order valence-corrected chi connectivity index (χ3v) is 3.39. The van der Waals surface area contributed by atoms with E-state index in [0.717, 1.165) is 0 Å². The monoisotopic (exact) mass is 327 g/mol. The molecule has 23 heavy (non-hydrogen) atoms. The second kappa shape index (κ2) is 7.01. The largest absolute Gasteiger partial charge is 0.394 e. The van der Waals surface area contributed by atoms with Crippen molar-refractivity contribution in [1.29, 1.82) is 0 Å². The molecule has 6 N–H and O–H groups in total. The number of H-pyrrole nitrogens is 1. The van der Waals surface area contributed by atoms with Crippen LogP contribution in [0.4, 0.5) is 4.39 Å². The van der Waals surface area contributed by atoms with Gasteiger partial charge in [-0.15, -0.1) is 0 Å². The number of aromatic amines is 1. The number of halogens is 1. The number of aliphatic hydroxyl groups excluding tert-OH is 4. The highest BCUT2D eigenvalue weighted by atomic mass is 19.1. The lowest BCUT2D eigenvalue weighted by Crippen LogP contribution is -2.47. The van der Waals surface area contributed by atoms with Crippen LogP contribution in [0, 0.1) is 5.82 Å². The molecule has 0 saturated heterocycles. The van der Waals surface area contributed by atoms with Crippen LogP contribution in [0.1, 0.15) is 18.8 Å². The molecular formula is C14H18FN3O5. The highest BCUT2D eigenvalue weighted by molar-refractivity contribution is 5.76. The Labute approximate surface area is 130 Å². The van der Waals surface area contributed by atoms with Gasteiger partial charge >= 0.3 is 0 Å². The molecule has 0 bridgehead atoms. The predicted molar refractivity (Wildman–Crippen MR) is 77.7 cm³/mol. The first kappa shape index (κ1) is 17.3. The van der Waals surface area contributed by atoms with Gasteiger partial charge in [-0.2, -0.15) is 0 Å². The van der Waals surface area contributed by atoms with Crippen molar-refractivity contribution >= 4 is 16.9 Å². The highest BCUT2D eigenvalue weighted by Gasteiger charge is 2.34. The maximum Gasteiger partial charge on any atom is 0.217 e. The van der Waals surface area contributed by atoms with E-state index in [9.17, 15) is 24.5 Å². The average molecular weight is 327 g/mol. The van der Waals surface area contributed by atoms with E-state index in [4.69, 9.17) is 5.11 Å². The molecule has 0 radical (unpaired) electrons. The maximum absolute atomic E-state index is 13.2. The molecule has 1 aromatic carbocycles. The van der Waals surface area contributed by atoms with E-state index < -0.39 is 42.7 Å². The Kier molecular flexibility index (Phi) is 5.26. The number of carbonyl (C=O) groups is 1. The Hall–Kier alpha value is -2.07. The highest BCUT2D eigenvalue weighted by Crippen LogP contribution is 2.22. The van der Waals surface area contributed by atoms with Crippen molar-refractivity contribution in [1.82, 2.24) is 15.3 Å². The number of rotatable bonds is 6. The molecule has 1 amide bonds. The van der Waals surface area contributed by atoms with E-state index in [1.807, 2.05) is 0 Å². The topological polar surface area (TPSA) is 139 Å². The Bertz CT molecular complexity index is 692. The zero-order valence-electron chi connectivity index (χ0n) is 12.3. The van der Waals surface area contributed by atoms with Crippen LogP contribution in [-0.2, 0) is 4.79 Å². The van der Waals surface area contributed by atoms with E-state index in [1.165, 1.54) is 25.1 Å². The van der Waals surface area contributed by atoms with Crippen molar-refractivity contribution in [3.05, 3.63) is 29.8 Å². The van der Waals surface area contributed by atoms with Crippen LogP contribution in [0.2, 0.25) is 0 Å². The summed E-state index contributed by atoms with van der Waals surface area (Å²) in [6, 6.07) is 2.64. The molecule has 9 heteroatoms. The minimum absolute atomic E-state index is 0.0810. The molecule has 0 saturated carbocycles. The number of hydrogen-bond acceptors (Lipinski definition) is 6. The molecule has 0 spiro atoms. The minimum atomic E-state index is -1.72. The van der Waals surface area contributed by atoms with Crippen molar-refractivity contribution in [2.24, 2.45) is 0 Å². The smallest absolute Gasteiger partial charge is 0.217 e. The Morgan fingerprint density at radius 1 is 1.35 bits per heavy atom. The molecule has 2 rings (SSSR count). The van der Waals surface area contributed by atoms with Gasteiger partial charge < -0.3 is 30.7 Å². The van der Waals surface area contributed by atoms with Gasteiger partial charge in [0.1, 0.15) is 36.0 Å². The predicted octanol–water partition coefficient (Wildman–Crippen LogP) is -1.05. The van der Waals surface area contributed by atoms with E-state index in [1.54, 1.807) is 0 Å². The van der Waals surface area contributed by atoms with Gasteiger partial charge in [0.15, 0.2) is 0 Å². The second-order valence-corrected chi connectivity index (χ2v) is 5.19. The summed E-state index contributed by atoms with van der Waals surface area (Å²) in [6.07, 6.45) is -4.96. The third kappa shape index (κ3) is 3.82. The van der Waals surface area contributed by atoms with E-state index in [-0.39, 0.29) is 5.82 Å². The molecule has 126 valence electrons. The van der Waals surface area contributed by atoms with E-state index in [0.29, 0.717) is 11.0 Å². The SMILES string of the molecule is CC(=O)N[C@@H](c1nc2ccc(F)cc2[nH]1)[C@@H](O)[C@H](O)[C@H](O)CO. The number of aliphatic hydroxyl groups is 4. The van der Waals surface area contributed by atoms with E-state index >= 15 is 0 Å². The van der Waals surface area contributed by atoms with Gasteiger partial charge in [-0.05, 0) is 18.2 Å². The van der Waals surface area contributed by atoms with Crippen LogP contribution in [-0.4, -0.2) is 61.2 Å². The first-order chi connectivity index (χ1) is 10.8. The van der Waals surface area contributed by atoms with E-state index in [2.05, 4.69) is 15.3 Å². The number of aromatic nitrogens is 2. The van der Waals surface area contributed by atoms with Crippen LogP contribution in [0.5, 0.6) is 0 Å². The lowest BCUT2D eigenvalue weighted by Gasteiger charge is -2.28. The fourth-order valence-corrected chi connectivity index (χ4v) is 2.22. The molecule has 8 nitrogen and oxygen atoms in total. The van der Waals surface area contributed by atoms with Gasteiger partial charge in [0.05, 0.1) is 17.6 Å². The molecule has 0 unspecified atom stereocenters. The number of benzene rings is 1. The number of imidazole rings is 1. The zero-order valence-corrected chi connectivity index (χ0v) is 12.3. The molecule has 0 aliphatic heterocycles. The summed E-state index contributed by atoms with van der Waals surface area (Å²) in [7, 11) is 0. The molecule has 1 aromatic heterocycles. The second-order valence-electron chi connectivity index (χ2n) is 5.19. The summed E-state index contributed by atoms with van der Waals surface area (Å²) in [5, 5.41) is 40.7. The minimum Gasteiger partial charge on any atom is -0.394 e. The van der Waals surface area contributed by atoms with Crippen LogP contribution >= 0.6 is 0 Å². The number of carbonyl (C=O) groups excluding carboxylic acids is 1. The lowest BCUT2D eigenvalue weighted by atomic mass is 10.0. The maximum atomic E-state index is 13.2. The summed E-state index contributed by atoms with van der Waals surface area (Å²) in [6.45, 7) is 0.438. The summed E-state index contributed by atoms with van der Waals surface area (Å²) in [4.78, 5) is 18.2. The van der Waals surface area contributed by atoms with Gasteiger partial charge in [0, 0.05) is 6.92 Å². The fraction of sp³-hybridized carbons (Fsp3) is 0.429. The van der Waals surface area contributed by atoms with Gasteiger partial charge in [-0.25, -0.2) is 9.37 Å². The number of hydrogen-bond donors (Lipinski definition) is 6. The summed E-state index contributed by atoms with van der Waals surface area (Å²) >= 11 is 0. The normalized spacial score (nSPS) is 16.8. The van der Waals surface area contributed by atoms with Crippen molar-refractivity contribution in [3.63, 3.8) is 0 Å². The summed E-state index contributed by atoms with van der Waals surface area (Å²) < 4.78 is 13.2. The first-order valence-corrected chi connectivity index (χ1v) is 6.90. The standard InChI is InChI=1S/C14H18FN3O5/c1-6(20)16-11(13(23)12(22)10(21)5-19)14-17-8-3-2-7(15)4-9(8)18-14/h2-4,10-13,19,21-23H,5H2,1H3,(H,16,20)(H,17,18)/t10-,11-,12-,13-/m1/s1. The molecule has 2 aromatic rings. The molecule has 0 aliphatic carbocycles. The Balaban J connectivity index is 2.37. The van der Waals surface area contributed by atoms with Gasteiger partial charge in [-0.3, -0.25) is 4.79 Å². The van der Waals surface area contributed by atoms with Crippen LogP contribution in [0.3, 0.4) is 0 Å². The first-order valence-electron chi connectivity index (χ1n) is 6.90. The van der Waals surface area contributed by atoms with Gasteiger partial charge in [-0.1, -0.05) is 0 Å². The van der Waals surface area contributed by atoms with Crippen LogP contribution in [0.25, 0.3) is 11.0 Å². The Morgan fingerprint density at radius 2 is 2.04 bits per heavy atom. The fourth-order valence-electron chi connectivity index (χ4n) is 2.22. The number of amides is 1. The molecule has 0 aliphatic rings. The zero-order chi connectivity index (χ0) is 17.1. The van der Waals surface area contributed by atoms with Crippen molar-refractivity contribution in [2.75, 3.05) is 6.61 Å². The van der Waals surface area contributed by atoms with Crippen molar-refractivity contribution < 1.29 is 29.6 Å². The third-order valence-electron chi connectivity index (χ3n) is 3.39. The summed E-state index contributed by atoms with van der Waals surface area (Å²) in [5.41, 5.74) is 0.751. The van der Waals surface area contributed by atoms with Crippen molar-refractivity contribution in [3.8, 4) is 0 Å². The molecular weight excluding hydrogens is 309 g/mol. The lowest BCUT2D eigenvalue weighted by molar-refractivity contribution is -0.123. The van der Waals surface area contributed by atoms with Crippen LogP contribution in [0.15, 0.2) is 18.2 Å². The number of fused-ring (bicyclic) bond motifs is 1.